The van der Waals surface area contributed by atoms with Crippen LogP contribution in [0.15, 0.2) is 46.2 Å². The first kappa shape index (κ1) is 20.8. The fourth-order valence-corrected chi connectivity index (χ4v) is 5.65. The summed E-state index contributed by atoms with van der Waals surface area (Å²) in [6.07, 6.45) is 0. The number of benzene rings is 1. The molecule has 0 saturated carbocycles. The van der Waals surface area contributed by atoms with Crippen LogP contribution in [0.1, 0.15) is 0 Å². The summed E-state index contributed by atoms with van der Waals surface area (Å²) in [5, 5.41) is 2.25. The monoisotopic (exact) mass is 464 g/mol. The van der Waals surface area contributed by atoms with Crippen molar-refractivity contribution < 1.29 is 21.6 Å². The first-order chi connectivity index (χ1) is 13.1. The number of sulfonamides is 2. The van der Waals surface area contributed by atoms with Crippen LogP contribution < -0.4 is 10.0 Å². The van der Waals surface area contributed by atoms with E-state index in [1.54, 1.807) is 0 Å². The Labute approximate surface area is 171 Å². The number of hydrogen-bond donors (Lipinski definition) is 2. The van der Waals surface area contributed by atoms with Crippen LogP contribution in [-0.4, -0.2) is 51.7 Å². The topological polar surface area (TPSA) is 126 Å². The second-order valence-electron chi connectivity index (χ2n) is 5.74. The Balaban J connectivity index is 1.90. The standard InChI is InChI=1S/C15H14Cl2N4O5S2/c16-13-5-4-12(15(17)19-13)27(23,24)20-10-2-1-3-11(8-10)28(25,26)21-7-6-18-14(22)9-21/h1-5,8,20H,6-7,9H2,(H,18,22). The van der Waals surface area contributed by atoms with Gasteiger partial charge < -0.3 is 5.32 Å². The highest BCUT2D eigenvalue weighted by Crippen LogP contribution is 2.26. The van der Waals surface area contributed by atoms with Crippen LogP contribution in [0.5, 0.6) is 0 Å². The number of carbonyl (C=O) groups is 1. The molecule has 1 aliphatic rings. The van der Waals surface area contributed by atoms with Crippen molar-refractivity contribution >= 4 is 54.8 Å². The molecule has 28 heavy (non-hydrogen) atoms. The Kier molecular flexibility index (Phi) is 5.82. The molecule has 1 saturated heterocycles. The molecule has 0 radical (unpaired) electrons. The van der Waals surface area contributed by atoms with Gasteiger partial charge in [-0.15, -0.1) is 0 Å². The summed E-state index contributed by atoms with van der Waals surface area (Å²) in [6.45, 7) is 0.0207. The number of halogens is 2. The summed E-state index contributed by atoms with van der Waals surface area (Å²) in [5.41, 5.74) is 0.00792. The Morgan fingerprint density at radius 1 is 1.11 bits per heavy atom. The Hall–Kier alpha value is -1.92. The summed E-state index contributed by atoms with van der Waals surface area (Å²) in [7, 11) is -8.10. The quantitative estimate of drug-likeness (QED) is 0.642. The summed E-state index contributed by atoms with van der Waals surface area (Å²) >= 11 is 11.5. The van der Waals surface area contributed by atoms with E-state index in [1.807, 2.05) is 0 Å². The van der Waals surface area contributed by atoms with Crippen molar-refractivity contribution in [3.8, 4) is 0 Å². The van der Waals surface area contributed by atoms with E-state index in [9.17, 15) is 21.6 Å². The van der Waals surface area contributed by atoms with Gasteiger partial charge in [0, 0.05) is 13.1 Å². The number of piperazine rings is 1. The van der Waals surface area contributed by atoms with Gasteiger partial charge in [0.2, 0.25) is 15.9 Å². The molecule has 1 amide bonds. The van der Waals surface area contributed by atoms with Crippen LogP contribution in [0.4, 0.5) is 5.69 Å². The van der Waals surface area contributed by atoms with Gasteiger partial charge in [0.15, 0.2) is 5.15 Å². The van der Waals surface area contributed by atoms with Crippen LogP contribution in [-0.2, 0) is 24.8 Å². The zero-order chi connectivity index (χ0) is 20.5. The molecule has 3 rings (SSSR count). The maximum Gasteiger partial charge on any atom is 0.264 e. The van der Waals surface area contributed by atoms with Crippen molar-refractivity contribution in [1.82, 2.24) is 14.6 Å². The summed E-state index contributed by atoms with van der Waals surface area (Å²) in [4.78, 5) is 14.7. The van der Waals surface area contributed by atoms with Crippen molar-refractivity contribution in [2.24, 2.45) is 0 Å². The number of nitrogens with zero attached hydrogens (tertiary/aromatic N) is 2. The van der Waals surface area contributed by atoms with E-state index in [0.29, 0.717) is 0 Å². The molecule has 1 aliphatic heterocycles. The second kappa shape index (κ2) is 7.84. The molecule has 0 bridgehead atoms. The predicted octanol–water partition coefficient (Wildman–Crippen LogP) is 1.31. The average molecular weight is 465 g/mol. The van der Waals surface area contributed by atoms with Gasteiger partial charge in [-0.25, -0.2) is 21.8 Å². The largest absolute Gasteiger partial charge is 0.354 e. The number of rotatable bonds is 5. The smallest absolute Gasteiger partial charge is 0.264 e. The first-order valence-electron chi connectivity index (χ1n) is 7.81. The normalized spacial score (nSPS) is 15.9. The molecule has 2 heterocycles. The van der Waals surface area contributed by atoms with E-state index in [2.05, 4.69) is 15.0 Å². The van der Waals surface area contributed by atoms with E-state index in [1.165, 1.54) is 30.3 Å². The first-order valence-corrected chi connectivity index (χ1v) is 11.5. The third-order valence-corrected chi connectivity index (χ3v) is 7.66. The summed E-state index contributed by atoms with van der Waals surface area (Å²) < 4.78 is 53.9. The molecule has 1 fully saturated rings. The van der Waals surface area contributed by atoms with Gasteiger partial charge in [-0.2, -0.15) is 4.31 Å². The predicted molar refractivity (Wildman–Crippen MR) is 103 cm³/mol. The lowest BCUT2D eigenvalue weighted by Crippen LogP contribution is -2.49. The molecule has 0 spiro atoms. The lowest BCUT2D eigenvalue weighted by atomic mass is 10.3. The minimum Gasteiger partial charge on any atom is -0.354 e. The van der Waals surface area contributed by atoms with Gasteiger partial charge >= 0.3 is 0 Å². The molecule has 150 valence electrons. The van der Waals surface area contributed by atoms with Crippen molar-refractivity contribution in [3.63, 3.8) is 0 Å². The zero-order valence-electron chi connectivity index (χ0n) is 14.1. The number of nitrogens with one attached hydrogen (secondary N) is 2. The number of aromatic nitrogens is 1. The van der Waals surface area contributed by atoms with Crippen molar-refractivity contribution in [1.29, 1.82) is 0 Å². The van der Waals surface area contributed by atoms with Gasteiger partial charge in [-0.05, 0) is 30.3 Å². The van der Waals surface area contributed by atoms with Gasteiger partial charge in [0.25, 0.3) is 10.0 Å². The number of amides is 1. The van der Waals surface area contributed by atoms with Crippen molar-refractivity contribution in [2.45, 2.75) is 9.79 Å². The minimum atomic E-state index is -4.13. The van der Waals surface area contributed by atoms with Crippen molar-refractivity contribution in [3.05, 3.63) is 46.7 Å². The fourth-order valence-electron chi connectivity index (χ4n) is 2.50. The number of hydrogen-bond acceptors (Lipinski definition) is 6. The number of carbonyl (C=O) groups excluding carboxylic acids is 1. The van der Waals surface area contributed by atoms with Crippen LogP contribution in [0, 0.1) is 0 Å². The highest BCUT2D eigenvalue weighted by Gasteiger charge is 2.29. The van der Waals surface area contributed by atoms with Gasteiger partial charge in [0.1, 0.15) is 10.0 Å². The van der Waals surface area contributed by atoms with Crippen molar-refractivity contribution in [2.75, 3.05) is 24.4 Å². The Morgan fingerprint density at radius 2 is 1.86 bits per heavy atom. The van der Waals surface area contributed by atoms with E-state index in [-0.39, 0.29) is 45.4 Å². The van der Waals surface area contributed by atoms with Gasteiger partial charge in [-0.1, -0.05) is 29.3 Å². The Bertz CT molecular complexity index is 1140. The molecule has 2 N–H and O–H groups in total. The second-order valence-corrected chi connectivity index (χ2v) is 10.1. The molecular formula is C15H14Cl2N4O5S2. The number of anilines is 1. The molecule has 0 unspecified atom stereocenters. The minimum absolute atomic E-state index is 0.00792. The Morgan fingerprint density at radius 3 is 2.54 bits per heavy atom. The maximum atomic E-state index is 12.7. The molecule has 0 atom stereocenters. The SMILES string of the molecule is O=C1CN(S(=O)(=O)c2cccc(NS(=O)(=O)c3ccc(Cl)nc3Cl)c2)CCN1. The molecule has 1 aromatic carbocycles. The summed E-state index contributed by atoms with van der Waals surface area (Å²) in [6, 6.07) is 7.71. The van der Waals surface area contributed by atoms with Crippen LogP contribution in [0.2, 0.25) is 10.3 Å². The number of pyridine rings is 1. The molecule has 1 aromatic heterocycles. The molecule has 13 heteroatoms. The lowest BCUT2D eigenvalue weighted by Gasteiger charge is -2.26. The van der Waals surface area contributed by atoms with Crippen LogP contribution in [0.25, 0.3) is 0 Å². The molecule has 2 aromatic rings. The van der Waals surface area contributed by atoms with E-state index in [4.69, 9.17) is 23.2 Å². The van der Waals surface area contributed by atoms with Gasteiger partial charge in [-0.3, -0.25) is 9.52 Å². The maximum absolute atomic E-state index is 12.7. The van der Waals surface area contributed by atoms with E-state index < -0.39 is 26.0 Å². The molecular weight excluding hydrogens is 451 g/mol. The highest BCUT2D eigenvalue weighted by atomic mass is 35.5. The summed E-state index contributed by atoms with van der Waals surface area (Å²) in [5.74, 6) is -0.406. The van der Waals surface area contributed by atoms with Crippen LogP contribution in [0.3, 0.4) is 0 Å². The molecule has 0 aliphatic carbocycles. The average Bonchev–Trinajstić information content (AvgIpc) is 2.61. The highest BCUT2D eigenvalue weighted by molar-refractivity contribution is 7.92. The van der Waals surface area contributed by atoms with E-state index >= 15 is 0 Å². The van der Waals surface area contributed by atoms with E-state index in [0.717, 1.165) is 10.4 Å². The van der Waals surface area contributed by atoms with Crippen LogP contribution >= 0.6 is 23.2 Å². The zero-order valence-corrected chi connectivity index (χ0v) is 17.2. The third kappa shape index (κ3) is 4.39. The lowest BCUT2D eigenvalue weighted by molar-refractivity contribution is -0.122. The van der Waals surface area contributed by atoms with Gasteiger partial charge in [0.05, 0.1) is 17.1 Å². The third-order valence-electron chi connectivity index (χ3n) is 3.80. The molecule has 9 nitrogen and oxygen atoms in total. The fraction of sp³-hybridized carbons (Fsp3) is 0.200.